The van der Waals surface area contributed by atoms with E-state index in [1.54, 1.807) is 6.42 Å². The Hall–Kier alpha value is -0.530. The Morgan fingerprint density at radius 1 is 0.929 bits per heavy atom. The summed E-state index contributed by atoms with van der Waals surface area (Å²) in [6.07, 6.45) is 17.5. The fourth-order valence-electron chi connectivity index (χ4n) is 9.58. The van der Waals surface area contributed by atoms with Gasteiger partial charge < -0.3 is 5.11 Å². The molecule has 158 valence electrons. The molecule has 8 atom stereocenters. The molecule has 0 aromatic carbocycles. The van der Waals surface area contributed by atoms with Gasteiger partial charge in [0.2, 0.25) is 0 Å². The third-order valence-corrected chi connectivity index (χ3v) is 11.5. The van der Waals surface area contributed by atoms with Crippen LogP contribution in [-0.4, -0.2) is 11.1 Å². The molecule has 0 amide bonds. The Morgan fingerprint density at radius 2 is 1.64 bits per heavy atom. The van der Waals surface area contributed by atoms with Crippen molar-refractivity contribution in [3.63, 3.8) is 0 Å². The van der Waals surface area contributed by atoms with Crippen LogP contribution in [0, 0.1) is 51.8 Å². The Kier molecular flexibility index (Phi) is 4.50. The Labute approximate surface area is 172 Å². The van der Waals surface area contributed by atoms with E-state index in [9.17, 15) is 4.79 Å². The summed E-state index contributed by atoms with van der Waals surface area (Å²) < 4.78 is 0. The van der Waals surface area contributed by atoms with Gasteiger partial charge in [-0.1, -0.05) is 20.8 Å². The lowest BCUT2D eigenvalue weighted by Gasteiger charge is -2.61. The summed E-state index contributed by atoms with van der Waals surface area (Å²) >= 11 is 0. The van der Waals surface area contributed by atoms with Crippen LogP contribution in [0.5, 0.6) is 0 Å². The molecule has 5 rings (SSSR count). The van der Waals surface area contributed by atoms with Gasteiger partial charge in [0.05, 0.1) is 0 Å². The van der Waals surface area contributed by atoms with Crippen LogP contribution in [0.2, 0.25) is 0 Å². The van der Waals surface area contributed by atoms with Crippen molar-refractivity contribution in [1.82, 2.24) is 0 Å². The molecule has 5 aliphatic rings. The normalized spacial score (nSPS) is 49.8. The number of carboxylic acid groups (broad SMARTS) is 1. The van der Waals surface area contributed by atoms with Gasteiger partial charge in [0.25, 0.3) is 0 Å². The highest BCUT2D eigenvalue weighted by molar-refractivity contribution is 5.66. The van der Waals surface area contributed by atoms with Gasteiger partial charge in [0.15, 0.2) is 0 Å². The molecule has 0 saturated heterocycles. The Morgan fingerprint density at radius 3 is 2.36 bits per heavy atom. The van der Waals surface area contributed by atoms with Crippen molar-refractivity contribution in [2.45, 2.75) is 104 Å². The minimum absolute atomic E-state index is 0.353. The fraction of sp³-hybridized carbons (Fsp3) is 0.962. The van der Waals surface area contributed by atoms with E-state index in [2.05, 4.69) is 20.8 Å². The zero-order chi connectivity index (χ0) is 19.7. The van der Waals surface area contributed by atoms with Gasteiger partial charge in [-0.2, -0.15) is 0 Å². The highest BCUT2D eigenvalue weighted by Crippen LogP contribution is 2.71. The van der Waals surface area contributed by atoms with Crippen LogP contribution in [-0.2, 0) is 4.79 Å². The molecule has 0 aromatic heterocycles. The zero-order valence-electron chi connectivity index (χ0n) is 18.5. The summed E-state index contributed by atoms with van der Waals surface area (Å²) in [7, 11) is 0. The highest BCUT2D eigenvalue weighted by Gasteiger charge is 2.62. The first-order chi connectivity index (χ1) is 13.3. The Balaban J connectivity index is 1.33. The van der Waals surface area contributed by atoms with Gasteiger partial charge in [-0.15, -0.1) is 0 Å². The average molecular weight is 387 g/mol. The summed E-state index contributed by atoms with van der Waals surface area (Å²) in [4.78, 5) is 11.1. The number of hydrogen-bond acceptors (Lipinski definition) is 1. The molecule has 1 N–H and O–H groups in total. The van der Waals surface area contributed by atoms with E-state index < -0.39 is 5.97 Å². The molecular weight excluding hydrogens is 344 g/mol. The van der Waals surface area contributed by atoms with Crippen LogP contribution in [0.15, 0.2) is 0 Å². The first kappa shape index (κ1) is 19.4. The van der Waals surface area contributed by atoms with Crippen molar-refractivity contribution in [3.8, 4) is 0 Å². The summed E-state index contributed by atoms with van der Waals surface area (Å²) in [5.74, 6) is 4.58. The molecule has 0 aliphatic heterocycles. The molecule has 8 unspecified atom stereocenters. The second-order valence-electron chi connectivity index (χ2n) is 12.5. The van der Waals surface area contributed by atoms with Crippen molar-refractivity contribution < 1.29 is 9.90 Å². The smallest absolute Gasteiger partial charge is 0.303 e. The van der Waals surface area contributed by atoms with Crippen molar-refractivity contribution in [1.29, 1.82) is 0 Å². The maximum absolute atomic E-state index is 11.1. The summed E-state index contributed by atoms with van der Waals surface area (Å²) in [6.45, 7) is 7.66. The second-order valence-corrected chi connectivity index (χ2v) is 12.5. The van der Waals surface area contributed by atoms with Crippen molar-refractivity contribution in [2.24, 2.45) is 51.8 Å². The fourth-order valence-corrected chi connectivity index (χ4v) is 9.58. The lowest BCUT2D eigenvalue weighted by molar-refractivity contribution is -0.138. The van der Waals surface area contributed by atoms with E-state index in [4.69, 9.17) is 5.11 Å². The third-order valence-electron chi connectivity index (χ3n) is 11.5. The lowest BCUT2D eigenvalue weighted by atomic mass is 9.43. The number of carboxylic acids is 1. The number of carbonyl (C=O) groups is 1. The largest absolute Gasteiger partial charge is 0.481 e. The van der Waals surface area contributed by atoms with Crippen LogP contribution < -0.4 is 0 Å². The molecule has 2 nitrogen and oxygen atoms in total. The van der Waals surface area contributed by atoms with Gasteiger partial charge >= 0.3 is 5.97 Å². The molecule has 2 heteroatoms. The van der Waals surface area contributed by atoms with Crippen molar-refractivity contribution in [3.05, 3.63) is 0 Å². The molecule has 5 fully saturated rings. The second kappa shape index (κ2) is 6.48. The molecule has 28 heavy (non-hydrogen) atoms. The molecule has 0 heterocycles. The molecule has 5 saturated carbocycles. The molecule has 1 spiro atoms. The number of fused-ring (bicyclic) bond motifs is 5. The van der Waals surface area contributed by atoms with Crippen LogP contribution in [0.3, 0.4) is 0 Å². The van der Waals surface area contributed by atoms with Crippen LogP contribution in [0.1, 0.15) is 104 Å². The number of rotatable bonds is 4. The van der Waals surface area contributed by atoms with E-state index in [0.717, 1.165) is 41.4 Å². The predicted octanol–water partition coefficient (Wildman–Crippen LogP) is 6.93. The average Bonchev–Trinajstić information content (AvgIpc) is 3.31. The van der Waals surface area contributed by atoms with Gasteiger partial charge in [-0.25, -0.2) is 0 Å². The molecule has 0 aromatic rings. The molecule has 0 radical (unpaired) electrons. The summed E-state index contributed by atoms with van der Waals surface area (Å²) in [5, 5.41) is 9.14. The maximum atomic E-state index is 11.1. The summed E-state index contributed by atoms with van der Waals surface area (Å²) in [6, 6.07) is 0. The van der Waals surface area contributed by atoms with E-state index in [-0.39, 0.29) is 0 Å². The quantitative estimate of drug-likeness (QED) is 0.569. The topological polar surface area (TPSA) is 37.3 Å². The van der Waals surface area contributed by atoms with E-state index in [1.807, 2.05) is 0 Å². The van der Waals surface area contributed by atoms with Crippen LogP contribution in [0.4, 0.5) is 0 Å². The van der Waals surface area contributed by atoms with Gasteiger partial charge in [-0.05, 0) is 129 Å². The SMILES string of the molecule is CC(CCC(=O)O)C1CCC2C3CCC4CC5(CC5)CCC4(C)C3CCC12C. The highest BCUT2D eigenvalue weighted by atomic mass is 16.4. The predicted molar refractivity (Wildman–Crippen MR) is 113 cm³/mol. The first-order valence-corrected chi connectivity index (χ1v) is 12.5. The number of aliphatic carboxylic acids is 1. The van der Waals surface area contributed by atoms with Crippen molar-refractivity contribution >= 4 is 5.97 Å². The zero-order valence-corrected chi connectivity index (χ0v) is 18.5. The third kappa shape index (κ3) is 2.83. The van der Waals surface area contributed by atoms with Crippen molar-refractivity contribution in [2.75, 3.05) is 0 Å². The summed E-state index contributed by atoms with van der Waals surface area (Å²) in [5.41, 5.74) is 1.91. The van der Waals surface area contributed by atoms with Gasteiger partial charge in [0.1, 0.15) is 0 Å². The maximum Gasteiger partial charge on any atom is 0.303 e. The van der Waals surface area contributed by atoms with Gasteiger partial charge in [0, 0.05) is 6.42 Å². The standard InChI is InChI=1S/C26H42O2/c1-17(4-9-23(27)28)20-7-8-21-19-6-5-18-16-26(14-15-26)13-12-24(18,2)22(19)10-11-25(20,21)3/h17-22H,4-16H2,1-3H3,(H,27,28). The first-order valence-electron chi connectivity index (χ1n) is 12.5. The molecule has 0 bridgehead atoms. The minimum Gasteiger partial charge on any atom is -0.481 e. The van der Waals surface area contributed by atoms with Gasteiger partial charge in [-0.3, -0.25) is 4.79 Å². The van der Waals surface area contributed by atoms with Crippen LogP contribution >= 0.6 is 0 Å². The van der Waals surface area contributed by atoms with E-state index >= 15 is 0 Å². The van der Waals surface area contributed by atoms with E-state index in [0.29, 0.717) is 23.2 Å². The van der Waals surface area contributed by atoms with Crippen LogP contribution in [0.25, 0.3) is 0 Å². The minimum atomic E-state index is -0.618. The number of hydrogen-bond donors (Lipinski definition) is 1. The van der Waals surface area contributed by atoms with E-state index in [1.165, 1.54) is 64.2 Å². The molecular formula is C26H42O2. The monoisotopic (exact) mass is 386 g/mol. The lowest BCUT2D eigenvalue weighted by Crippen LogP contribution is -2.54. The molecule has 5 aliphatic carbocycles. The Bertz CT molecular complexity index is 636.